The van der Waals surface area contributed by atoms with E-state index in [1.165, 1.54) is 10.6 Å². The number of aliphatic hydroxyl groups excluding tert-OH is 1. The molecule has 0 bridgehead atoms. The van der Waals surface area contributed by atoms with Gasteiger partial charge in [-0.1, -0.05) is 26.0 Å². The van der Waals surface area contributed by atoms with Gasteiger partial charge in [-0.3, -0.25) is 4.79 Å². The lowest BCUT2D eigenvalue weighted by molar-refractivity contribution is -0.122. The predicted octanol–water partition coefficient (Wildman–Crippen LogP) is 2.31. The van der Waals surface area contributed by atoms with Gasteiger partial charge in [-0.25, -0.2) is 12.7 Å². The van der Waals surface area contributed by atoms with Crippen molar-refractivity contribution in [1.29, 1.82) is 0 Å². The molecule has 0 aliphatic heterocycles. The van der Waals surface area contributed by atoms with Crippen molar-refractivity contribution in [2.45, 2.75) is 58.2 Å². The van der Waals surface area contributed by atoms with E-state index in [9.17, 15) is 18.3 Å². The molecule has 3 N–H and O–H groups in total. The molecule has 0 aliphatic rings. The number of furan rings is 1. The summed E-state index contributed by atoms with van der Waals surface area (Å²) in [6, 6.07) is 8.78. The molecule has 0 fully saturated rings. The molecule has 0 saturated heterocycles. The summed E-state index contributed by atoms with van der Waals surface area (Å²) in [6.07, 6.45) is 3.82. The van der Waals surface area contributed by atoms with Crippen LogP contribution in [0.3, 0.4) is 0 Å². The summed E-state index contributed by atoms with van der Waals surface area (Å²) in [5, 5.41) is 16.9. The van der Waals surface area contributed by atoms with E-state index in [1.54, 1.807) is 19.4 Å². The Morgan fingerprint density at radius 1 is 1.17 bits per heavy atom. The summed E-state index contributed by atoms with van der Waals surface area (Å²) >= 11 is 0. The van der Waals surface area contributed by atoms with E-state index in [0.717, 1.165) is 16.9 Å². The van der Waals surface area contributed by atoms with Gasteiger partial charge in [0.25, 0.3) is 0 Å². The zero-order valence-electron chi connectivity index (χ0n) is 20.9. The van der Waals surface area contributed by atoms with Crippen LogP contribution in [0, 0.1) is 0 Å². The Balaban J connectivity index is 1.95. The molecule has 196 valence electrons. The number of rotatable bonds is 17. The van der Waals surface area contributed by atoms with Crippen molar-refractivity contribution in [2.24, 2.45) is 0 Å². The maximum absolute atomic E-state index is 12.7. The third-order valence-electron chi connectivity index (χ3n) is 5.59. The summed E-state index contributed by atoms with van der Waals surface area (Å²) in [4.78, 5) is 12.7. The second-order valence-electron chi connectivity index (χ2n) is 8.52. The highest BCUT2D eigenvalue weighted by molar-refractivity contribution is 7.89. The van der Waals surface area contributed by atoms with Gasteiger partial charge >= 0.3 is 0 Å². The average Bonchev–Trinajstić information content (AvgIpc) is 3.35. The minimum absolute atomic E-state index is 0.169. The number of sulfonamides is 1. The van der Waals surface area contributed by atoms with Gasteiger partial charge in [-0.2, -0.15) is 0 Å². The van der Waals surface area contributed by atoms with Crippen LogP contribution in [-0.4, -0.2) is 68.4 Å². The van der Waals surface area contributed by atoms with E-state index in [2.05, 4.69) is 10.6 Å². The maximum atomic E-state index is 12.7. The molecule has 2 rings (SSSR count). The zero-order valence-corrected chi connectivity index (χ0v) is 21.7. The summed E-state index contributed by atoms with van der Waals surface area (Å²) in [5.74, 6) is 0.0738. The first-order valence-corrected chi connectivity index (χ1v) is 13.7. The summed E-state index contributed by atoms with van der Waals surface area (Å²) in [7, 11) is -1.92. The van der Waals surface area contributed by atoms with Crippen molar-refractivity contribution in [3.8, 4) is 5.75 Å². The molecule has 0 unspecified atom stereocenters. The minimum Gasteiger partial charge on any atom is -0.497 e. The average molecular weight is 510 g/mol. The third-order valence-corrected chi connectivity index (χ3v) is 7.46. The van der Waals surface area contributed by atoms with Crippen LogP contribution in [0.25, 0.3) is 0 Å². The molecule has 10 heteroatoms. The fraction of sp³-hybridized carbons (Fsp3) is 0.560. The first-order chi connectivity index (χ1) is 16.8. The van der Waals surface area contributed by atoms with Crippen molar-refractivity contribution in [3.63, 3.8) is 0 Å². The largest absolute Gasteiger partial charge is 0.497 e. The van der Waals surface area contributed by atoms with Gasteiger partial charge in [0, 0.05) is 32.6 Å². The molecule has 2 aromatic rings. The number of carbonyl (C=O) groups excluding carboxylic acids is 1. The molecule has 1 aromatic carbocycles. The number of nitrogens with zero attached hydrogens (tertiary/aromatic N) is 1. The second-order valence-corrected chi connectivity index (χ2v) is 10.6. The third kappa shape index (κ3) is 10.0. The summed E-state index contributed by atoms with van der Waals surface area (Å²) in [5.41, 5.74) is 1.83. The Hall–Kier alpha value is -2.40. The number of ether oxygens (including phenoxy) is 1. The SMILES string of the molecule is CCCN(CCC)S(=O)(=O)CCC(=O)N[C@@H](Cc1ccoc1)[C@@H](O)CNCc1cccc(OC)c1. The van der Waals surface area contributed by atoms with Crippen LogP contribution in [0.2, 0.25) is 0 Å². The number of hydrogen-bond acceptors (Lipinski definition) is 7. The topological polar surface area (TPSA) is 121 Å². The van der Waals surface area contributed by atoms with Gasteiger partial charge in [0.15, 0.2) is 0 Å². The fourth-order valence-corrected chi connectivity index (χ4v) is 5.38. The number of benzene rings is 1. The standard InChI is InChI=1S/C25H39N3O6S/c1-4-11-28(12-5-2)35(31,32)14-10-25(30)27-23(16-21-9-13-34-19-21)24(29)18-26-17-20-7-6-8-22(15-20)33-3/h6-9,13,15,19,23-24,26,29H,4-5,10-12,14,16-18H2,1-3H3,(H,27,30)/t23-,24-/m0/s1. The van der Waals surface area contributed by atoms with Crippen molar-refractivity contribution in [2.75, 3.05) is 32.5 Å². The van der Waals surface area contributed by atoms with Gasteiger partial charge < -0.3 is 24.9 Å². The predicted molar refractivity (Wildman–Crippen MR) is 136 cm³/mol. The maximum Gasteiger partial charge on any atom is 0.221 e. The van der Waals surface area contributed by atoms with E-state index >= 15 is 0 Å². The molecule has 9 nitrogen and oxygen atoms in total. The zero-order chi connectivity index (χ0) is 25.7. The monoisotopic (exact) mass is 509 g/mol. The van der Waals surface area contributed by atoms with Gasteiger partial charge in [0.1, 0.15) is 5.75 Å². The van der Waals surface area contributed by atoms with Gasteiger partial charge in [-0.15, -0.1) is 0 Å². The van der Waals surface area contributed by atoms with Crippen LogP contribution < -0.4 is 15.4 Å². The number of amides is 1. The highest BCUT2D eigenvalue weighted by atomic mass is 32.2. The van der Waals surface area contributed by atoms with Crippen molar-refractivity contribution < 1.29 is 27.5 Å². The van der Waals surface area contributed by atoms with Crippen LogP contribution in [0.1, 0.15) is 44.2 Å². The lowest BCUT2D eigenvalue weighted by atomic mass is 10.0. The number of nitrogens with one attached hydrogen (secondary N) is 2. The number of aliphatic hydroxyl groups is 1. The van der Waals surface area contributed by atoms with Crippen LogP contribution in [-0.2, 0) is 27.8 Å². The molecule has 0 aliphatic carbocycles. The fourth-order valence-electron chi connectivity index (χ4n) is 3.75. The van der Waals surface area contributed by atoms with Gasteiger partial charge in [0.05, 0.1) is 37.5 Å². The van der Waals surface area contributed by atoms with Crippen molar-refractivity contribution in [1.82, 2.24) is 14.9 Å². The van der Waals surface area contributed by atoms with Gasteiger partial charge in [-0.05, 0) is 48.6 Å². The molecule has 1 heterocycles. The second kappa shape index (κ2) is 14.9. The minimum atomic E-state index is -3.53. The first kappa shape index (κ1) is 28.8. The smallest absolute Gasteiger partial charge is 0.221 e. The molecule has 0 radical (unpaired) electrons. The quantitative estimate of drug-likeness (QED) is 0.299. The highest BCUT2D eigenvalue weighted by Crippen LogP contribution is 2.13. The molecule has 35 heavy (non-hydrogen) atoms. The molecule has 0 spiro atoms. The van der Waals surface area contributed by atoms with Crippen LogP contribution >= 0.6 is 0 Å². The number of carbonyl (C=O) groups is 1. The van der Waals surface area contributed by atoms with E-state index < -0.39 is 28.1 Å². The van der Waals surface area contributed by atoms with E-state index in [-0.39, 0.29) is 18.7 Å². The Morgan fingerprint density at radius 2 is 1.91 bits per heavy atom. The molecule has 2 atom stereocenters. The number of hydrogen-bond donors (Lipinski definition) is 3. The van der Waals surface area contributed by atoms with E-state index in [4.69, 9.17) is 9.15 Å². The Morgan fingerprint density at radius 3 is 2.54 bits per heavy atom. The van der Waals surface area contributed by atoms with Gasteiger partial charge in [0.2, 0.25) is 15.9 Å². The van der Waals surface area contributed by atoms with Crippen molar-refractivity contribution >= 4 is 15.9 Å². The molecule has 1 amide bonds. The molecule has 0 saturated carbocycles. The Labute approximate surface area is 208 Å². The van der Waals surface area contributed by atoms with Crippen molar-refractivity contribution in [3.05, 3.63) is 54.0 Å². The normalized spacial score (nSPS) is 13.5. The van der Waals surface area contributed by atoms with E-state index in [0.29, 0.717) is 38.9 Å². The lowest BCUT2D eigenvalue weighted by Gasteiger charge is -2.25. The Bertz CT molecular complexity index is 975. The molecular weight excluding hydrogens is 470 g/mol. The first-order valence-electron chi connectivity index (χ1n) is 12.1. The lowest BCUT2D eigenvalue weighted by Crippen LogP contribution is -2.49. The summed E-state index contributed by atoms with van der Waals surface area (Å²) < 4.78 is 37.2. The highest BCUT2D eigenvalue weighted by Gasteiger charge is 2.25. The van der Waals surface area contributed by atoms with Crippen LogP contribution in [0.4, 0.5) is 0 Å². The Kier molecular flexibility index (Phi) is 12.3. The molecule has 1 aromatic heterocycles. The van der Waals surface area contributed by atoms with Crippen LogP contribution in [0.15, 0.2) is 47.3 Å². The van der Waals surface area contributed by atoms with E-state index in [1.807, 2.05) is 38.1 Å². The number of methoxy groups -OCH3 is 1. The molecular formula is C25H39N3O6S. The van der Waals surface area contributed by atoms with Crippen LogP contribution in [0.5, 0.6) is 5.75 Å². The summed E-state index contributed by atoms with van der Waals surface area (Å²) in [6.45, 7) is 5.49.